The molecule has 4 heterocycles. The molecule has 8 aromatic rings. The molecule has 14 nitrogen and oxygen atoms in total. The molecule has 12 rings (SSSR count). The van der Waals surface area contributed by atoms with Crippen LogP contribution >= 0.6 is 0 Å². The third kappa shape index (κ3) is 11.3. The lowest BCUT2D eigenvalue weighted by atomic mass is 10.4. The topological polar surface area (TPSA) is 129 Å². The lowest BCUT2D eigenvalue weighted by Gasteiger charge is -2.57. The molecule has 80 heavy (non-hydrogen) atoms. The molecule has 0 radical (unpaired) electrons. The highest BCUT2D eigenvalue weighted by Gasteiger charge is 2.80. The molecule has 0 aromatic heterocycles. The lowest BCUT2D eigenvalue weighted by Crippen LogP contribution is -2.90. The molecule has 412 valence electrons. The van der Waals surface area contributed by atoms with E-state index in [0.717, 1.165) is 0 Å². The second kappa shape index (κ2) is 24.2. The van der Waals surface area contributed by atoms with Crippen molar-refractivity contribution in [2.75, 3.05) is 0 Å². The van der Waals surface area contributed by atoms with Crippen LogP contribution in [0.4, 0.5) is 0 Å². The number of benzene rings is 8. The summed E-state index contributed by atoms with van der Waals surface area (Å²) < 4.78 is 115. The Labute approximate surface area is 485 Å². The van der Waals surface area contributed by atoms with E-state index < -0.39 is 108 Å². The molecule has 4 saturated heterocycles. The van der Waals surface area contributed by atoms with Gasteiger partial charge in [-0.15, -0.1) is 0 Å². The molecule has 4 aliphatic rings. The fraction of sp³-hybridized carbons (Fsp3) is 0.111. The van der Waals surface area contributed by atoms with Crippen molar-refractivity contribution in [1.82, 2.24) is 0 Å². The summed E-state index contributed by atoms with van der Waals surface area (Å²) in [5, 5.41) is 4.61. The summed E-state index contributed by atoms with van der Waals surface area (Å²) in [6.45, 7) is 12.5. The van der Waals surface area contributed by atoms with Crippen LogP contribution in [-0.2, 0) is 57.6 Å². The fourth-order valence-electron chi connectivity index (χ4n) is 9.94. The first-order chi connectivity index (χ1) is 38.9. The molecule has 0 amide bonds. The molecule has 0 N–H and O–H groups in total. The highest BCUT2D eigenvalue weighted by molar-refractivity contribution is 7.10. The van der Waals surface area contributed by atoms with Gasteiger partial charge in [0, 0.05) is 41.5 Å². The molecule has 4 aliphatic heterocycles. The normalized spacial score (nSPS) is 30.1. The van der Waals surface area contributed by atoms with Gasteiger partial charge in [0.1, 0.15) is 19.5 Å². The quantitative estimate of drug-likeness (QED) is 0.131. The van der Waals surface area contributed by atoms with Crippen molar-refractivity contribution < 1.29 is 57.6 Å². The molecule has 0 saturated carbocycles. The van der Waals surface area contributed by atoms with Gasteiger partial charge in [0.2, 0.25) is 0 Å². The van der Waals surface area contributed by atoms with Crippen molar-refractivity contribution in [3.8, 4) is 0 Å². The Bertz CT molecular complexity index is 3030. The van der Waals surface area contributed by atoms with Crippen molar-refractivity contribution in [1.29, 1.82) is 0 Å². The van der Waals surface area contributed by atoms with Crippen LogP contribution in [-0.4, -0.2) is 108 Å². The minimum atomic E-state index is -5.09. The van der Waals surface area contributed by atoms with Gasteiger partial charge in [-0.2, -0.15) is 0 Å². The Balaban J connectivity index is 1.42. The van der Waals surface area contributed by atoms with Crippen molar-refractivity contribution in [2.24, 2.45) is 0 Å². The zero-order valence-electron chi connectivity index (χ0n) is 45.4. The second-order valence-corrected chi connectivity index (χ2v) is 50.8. The smallest absolute Gasteiger partial charge is 0.419 e. The molecule has 0 atom stereocenters. The molecule has 4 fully saturated rings. The van der Waals surface area contributed by atoms with E-state index in [9.17, 15) is 0 Å². The largest absolute Gasteiger partial charge is 0.515 e. The predicted molar refractivity (Wildman–Crippen MR) is 336 cm³/mol. The number of rotatable bonds is 16. The zero-order chi connectivity index (χ0) is 55.4. The Morgan fingerprint density at radius 1 is 0.250 bits per heavy atom. The van der Waals surface area contributed by atoms with Crippen molar-refractivity contribution in [3.05, 3.63) is 243 Å². The SMILES string of the molecule is C[SiH2]O[Si]1(c2ccccc2)O[Si]2(c3ccccc3)O[Si](O[SiH2]C)(c3ccccc3)O[Si](c3ccccc3)(O1)O[Si]1(c3ccccc3)O[Si](O[SiH](C)C)(c3ccccc3)O[Si](c3ccccc3)(O[Si](O[SiH](C)C)(c3ccccc3)O1)O2. The first-order valence-electron chi connectivity index (χ1n) is 27.0. The van der Waals surface area contributed by atoms with E-state index in [2.05, 4.69) is 39.3 Å². The van der Waals surface area contributed by atoms with Crippen LogP contribution in [0.2, 0.25) is 39.3 Å². The summed E-state index contributed by atoms with van der Waals surface area (Å²) in [7, 11) is -46.6. The van der Waals surface area contributed by atoms with Crippen LogP contribution < -0.4 is 41.5 Å². The van der Waals surface area contributed by atoms with Gasteiger partial charge in [0.25, 0.3) is 0 Å². The Morgan fingerprint density at radius 2 is 0.425 bits per heavy atom. The summed E-state index contributed by atoms with van der Waals surface area (Å²) in [5.74, 6) is 0. The third-order valence-electron chi connectivity index (χ3n) is 13.2. The monoisotopic (exact) mass is 1270 g/mol. The molecule has 0 spiro atoms. The van der Waals surface area contributed by atoms with E-state index >= 15 is 0 Å². The van der Waals surface area contributed by atoms with E-state index in [1.165, 1.54) is 0 Å². The molecular formula is C54H64O14Si12. The van der Waals surface area contributed by atoms with Gasteiger partial charge in [-0.1, -0.05) is 256 Å². The standard InChI is InChI=1S/C54H64O14Si12/c1-69-55-73(47-31-15-7-16-32-47)59-77(51-39-23-11-24-40-51)61-74(56-70-2,48-33-17-8-18-34-48)62-78(60-73,52-41-25-12-26-42-52)68-80(54-45-29-14-30-46-54)64-75(57-71(3)4,49-35-19-9-20-36-49)63-79(67-77,53-43-27-13-28-44-53)65-76(66-80,58-72(5)6)50-37-21-10-22-38-50/h7-46,71-72H,69-70H2,1-6H3. The van der Waals surface area contributed by atoms with Gasteiger partial charge in [0.15, 0.2) is 18.1 Å². The first kappa shape index (κ1) is 57.6. The number of fused-ring (bicyclic) bond motifs is 4. The van der Waals surface area contributed by atoms with Gasteiger partial charge < -0.3 is 57.6 Å². The lowest BCUT2D eigenvalue weighted by molar-refractivity contribution is 0.0502. The van der Waals surface area contributed by atoms with Gasteiger partial charge in [-0.25, -0.2) is 0 Å². The first-order valence-corrected chi connectivity index (χ1v) is 50.3. The average Bonchev–Trinajstić information content (AvgIpc) is 3.49. The van der Waals surface area contributed by atoms with Crippen LogP contribution in [0, 0.1) is 0 Å². The van der Waals surface area contributed by atoms with Crippen LogP contribution in [0.1, 0.15) is 0 Å². The zero-order valence-corrected chi connectivity index (χ0v) is 58.5. The molecule has 0 aliphatic carbocycles. The number of hydrogen-bond donors (Lipinski definition) is 0. The summed E-state index contributed by atoms with van der Waals surface area (Å²) in [6, 6.07) is 78.1. The summed E-state index contributed by atoms with van der Waals surface area (Å²) in [4.78, 5) is 0. The second-order valence-electron chi connectivity index (χ2n) is 19.6. The Kier molecular flexibility index (Phi) is 17.4. The Morgan fingerprint density at radius 3 is 0.613 bits per heavy atom. The van der Waals surface area contributed by atoms with Crippen molar-refractivity contribution in [3.63, 3.8) is 0 Å². The Hall–Kier alpha value is -4.20. The average molecular weight is 1270 g/mol. The van der Waals surface area contributed by atoms with Crippen LogP contribution in [0.5, 0.6) is 0 Å². The minimum absolute atomic E-state index is 0.533. The maximum atomic E-state index is 8.58. The van der Waals surface area contributed by atoms with E-state index in [1.807, 2.05) is 243 Å². The maximum absolute atomic E-state index is 8.58. The highest BCUT2D eigenvalue weighted by atomic mass is 28.6. The van der Waals surface area contributed by atoms with Crippen molar-refractivity contribution >= 4 is 150 Å². The predicted octanol–water partition coefficient (Wildman–Crippen LogP) is 3.26. The minimum Gasteiger partial charge on any atom is -0.419 e. The van der Waals surface area contributed by atoms with E-state index in [4.69, 9.17) is 57.6 Å². The number of hydrogen-bond acceptors (Lipinski definition) is 14. The summed E-state index contributed by atoms with van der Waals surface area (Å²) in [5.41, 5.74) is 0. The highest BCUT2D eigenvalue weighted by Crippen LogP contribution is 2.43. The van der Waals surface area contributed by atoms with Gasteiger partial charge in [-0.3, -0.25) is 0 Å². The summed E-state index contributed by atoms with van der Waals surface area (Å²) >= 11 is 0. The third-order valence-corrected chi connectivity index (χ3v) is 54.6. The molecule has 26 heteroatoms. The summed E-state index contributed by atoms with van der Waals surface area (Å²) in [6.07, 6.45) is 0. The maximum Gasteiger partial charge on any atom is 0.515 e. The van der Waals surface area contributed by atoms with Crippen LogP contribution in [0.3, 0.4) is 0 Å². The van der Waals surface area contributed by atoms with E-state index in [-0.39, 0.29) is 0 Å². The molecule has 8 aromatic carbocycles. The van der Waals surface area contributed by atoms with E-state index in [0.29, 0.717) is 41.5 Å². The van der Waals surface area contributed by atoms with Gasteiger partial charge in [0.05, 0.1) is 0 Å². The van der Waals surface area contributed by atoms with Gasteiger partial charge >= 0.3 is 70.4 Å². The molecular weight excluding hydrogens is 1210 g/mol. The van der Waals surface area contributed by atoms with Crippen LogP contribution in [0.25, 0.3) is 0 Å². The van der Waals surface area contributed by atoms with Gasteiger partial charge in [-0.05, 0) is 26.2 Å². The van der Waals surface area contributed by atoms with E-state index in [1.54, 1.807) is 0 Å². The van der Waals surface area contributed by atoms with Crippen LogP contribution in [0.15, 0.2) is 243 Å². The molecule has 0 unspecified atom stereocenters. The molecule has 4 bridgehead atoms. The fourth-order valence-corrected chi connectivity index (χ4v) is 63.0. The van der Waals surface area contributed by atoms with Crippen molar-refractivity contribution in [2.45, 2.75) is 39.3 Å².